The molecule has 1 amide bonds. The summed E-state index contributed by atoms with van der Waals surface area (Å²) < 4.78 is 38.3. The van der Waals surface area contributed by atoms with Crippen molar-refractivity contribution in [3.63, 3.8) is 0 Å². The zero-order chi connectivity index (χ0) is 21.0. The third-order valence-electron chi connectivity index (χ3n) is 4.61. The Labute approximate surface area is 171 Å². The molecule has 0 radical (unpaired) electrons. The van der Waals surface area contributed by atoms with Gasteiger partial charge in [-0.1, -0.05) is 18.2 Å². The number of carbonyl (C=O) groups is 1. The van der Waals surface area contributed by atoms with Crippen LogP contribution in [0.25, 0.3) is 0 Å². The second-order valence-corrected chi connectivity index (χ2v) is 9.14. The van der Waals surface area contributed by atoms with E-state index in [2.05, 4.69) is 5.32 Å². The van der Waals surface area contributed by atoms with Gasteiger partial charge in [-0.3, -0.25) is 4.79 Å². The van der Waals surface area contributed by atoms with Crippen LogP contribution < -0.4 is 10.1 Å². The van der Waals surface area contributed by atoms with Gasteiger partial charge in [0.15, 0.2) is 6.61 Å². The van der Waals surface area contributed by atoms with Gasteiger partial charge < -0.3 is 14.8 Å². The van der Waals surface area contributed by atoms with Gasteiger partial charge in [-0.15, -0.1) is 0 Å². The van der Waals surface area contributed by atoms with Crippen molar-refractivity contribution in [2.24, 2.45) is 0 Å². The minimum absolute atomic E-state index is 0.130. The first-order valence-corrected chi connectivity index (χ1v) is 10.9. The van der Waals surface area contributed by atoms with Gasteiger partial charge in [0.1, 0.15) is 5.75 Å². The fraction of sp³-hybridized carbons (Fsp3) is 0.381. The lowest BCUT2D eigenvalue weighted by Gasteiger charge is -2.34. The summed E-state index contributed by atoms with van der Waals surface area (Å²) in [7, 11) is -3.61. The molecule has 29 heavy (non-hydrogen) atoms. The number of hydrogen-bond donors (Lipinski definition) is 1. The Morgan fingerprint density at radius 1 is 1.10 bits per heavy atom. The van der Waals surface area contributed by atoms with Crippen LogP contribution in [0, 0.1) is 6.92 Å². The van der Waals surface area contributed by atoms with Crippen LogP contribution in [0.3, 0.4) is 0 Å². The fourth-order valence-electron chi connectivity index (χ4n) is 3.25. The van der Waals surface area contributed by atoms with E-state index in [1.54, 1.807) is 18.2 Å². The van der Waals surface area contributed by atoms with Crippen LogP contribution in [-0.4, -0.2) is 50.5 Å². The topological polar surface area (TPSA) is 84.9 Å². The van der Waals surface area contributed by atoms with Crippen molar-refractivity contribution < 1.29 is 22.7 Å². The third-order valence-corrected chi connectivity index (χ3v) is 6.46. The summed E-state index contributed by atoms with van der Waals surface area (Å²) in [5.41, 5.74) is 1.45. The molecule has 1 aliphatic heterocycles. The average Bonchev–Trinajstić information content (AvgIpc) is 2.67. The van der Waals surface area contributed by atoms with Crippen molar-refractivity contribution >= 4 is 21.6 Å². The summed E-state index contributed by atoms with van der Waals surface area (Å²) in [6.45, 7) is 6.13. The van der Waals surface area contributed by atoms with Gasteiger partial charge in [-0.2, -0.15) is 4.31 Å². The van der Waals surface area contributed by atoms with Crippen LogP contribution in [0.15, 0.2) is 53.4 Å². The highest BCUT2D eigenvalue weighted by Crippen LogP contribution is 2.22. The average molecular weight is 419 g/mol. The monoisotopic (exact) mass is 418 g/mol. The lowest BCUT2D eigenvalue weighted by molar-refractivity contribution is -0.118. The Bertz CT molecular complexity index is 949. The molecule has 156 valence electrons. The Morgan fingerprint density at radius 2 is 1.72 bits per heavy atom. The first kappa shape index (κ1) is 21.3. The number of ether oxygens (including phenoxy) is 2. The molecule has 2 atom stereocenters. The lowest BCUT2D eigenvalue weighted by Crippen LogP contribution is -2.48. The SMILES string of the molecule is Cc1ccccc1OCC(=O)Nc1ccc(S(=O)(=O)N2C[C@@H](C)O[C@@H](C)C2)cc1. The molecule has 1 N–H and O–H groups in total. The Kier molecular flexibility index (Phi) is 6.56. The molecule has 1 fully saturated rings. The summed E-state index contributed by atoms with van der Waals surface area (Å²) in [4.78, 5) is 12.3. The number of para-hydroxylation sites is 1. The van der Waals surface area contributed by atoms with E-state index in [1.165, 1.54) is 16.4 Å². The van der Waals surface area contributed by atoms with E-state index >= 15 is 0 Å². The van der Waals surface area contributed by atoms with Crippen LogP contribution in [0.2, 0.25) is 0 Å². The van der Waals surface area contributed by atoms with Crippen molar-refractivity contribution in [2.45, 2.75) is 37.9 Å². The van der Waals surface area contributed by atoms with Gasteiger partial charge in [0.05, 0.1) is 17.1 Å². The standard InChI is InChI=1S/C21H26N2O5S/c1-15-6-4-5-7-20(15)27-14-21(24)22-18-8-10-19(11-9-18)29(25,26)23-12-16(2)28-17(3)13-23/h4-11,16-17H,12-14H2,1-3H3,(H,22,24)/t16-,17+. The van der Waals surface area contributed by atoms with E-state index in [0.29, 0.717) is 24.5 Å². The summed E-state index contributed by atoms with van der Waals surface area (Å²) >= 11 is 0. The Balaban J connectivity index is 1.61. The molecule has 0 unspecified atom stereocenters. The highest BCUT2D eigenvalue weighted by molar-refractivity contribution is 7.89. The maximum absolute atomic E-state index is 12.9. The lowest BCUT2D eigenvalue weighted by atomic mass is 10.2. The Hall–Kier alpha value is -2.42. The number of hydrogen-bond acceptors (Lipinski definition) is 5. The molecule has 0 aromatic heterocycles. The smallest absolute Gasteiger partial charge is 0.262 e. The minimum atomic E-state index is -3.61. The van der Waals surface area contributed by atoms with E-state index in [1.807, 2.05) is 39.0 Å². The van der Waals surface area contributed by atoms with E-state index in [9.17, 15) is 13.2 Å². The van der Waals surface area contributed by atoms with Gasteiger partial charge in [-0.05, 0) is 56.7 Å². The van der Waals surface area contributed by atoms with Crippen LogP contribution >= 0.6 is 0 Å². The number of anilines is 1. The Morgan fingerprint density at radius 3 is 2.34 bits per heavy atom. The molecule has 2 aromatic carbocycles. The quantitative estimate of drug-likeness (QED) is 0.780. The van der Waals surface area contributed by atoms with Crippen LogP contribution in [-0.2, 0) is 19.6 Å². The highest BCUT2D eigenvalue weighted by atomic mass is 32.2. The number of benzene rings is 2. The molecule has 1 saturated heterocycles. The number of rotatable bonds is 6. The maximum atomic E-state index is 12.9. The molecule has 1 heterocycles. The largest absolute Gasteiger partial charge is 0.483 e. The number of aryl methyl sites for hydroxylation is 1. The fourth-order valence-corrected chi connectivity index (χ4v) is 4.84. The summed E-state index contributed by atoms with van der Waals surface area (Å²) in [5, 5.41) is 2.71. The second-order valence-electron chi connectivity index (χ2n) is 7.21. The van der Waals surface area contributed by atoms with E-state index in [4.69, 9.17) is 9.47 Å². The third kappa shape index (κ3) is 5.35. The van der Waals surface area contributed by atoms with Crippen molar-refractivity contribution in [1.82, 2.24) is 4.31 Å². The molecule has 7 nitrogen and oxygen atoms in total. The molecular weight excluding hydrogens is 392 g/mol. The molecule has 2 aromatic rings. The van der Waals surface area contributed by atoms with Gasteiger partial charge in [0, 0.05) is 18.8 Å². The van der Waals surface area contributed by atoms with E-state index in [0.717, 1.165) is 5.56 Å². The molecule has 0 saturated carbocycles. The molecule has 8 heteroatoms. The first-order chi connectivity index (χ1) is 13.8. The van der Waals surface area contributed by atoms with E-state index in [-0.39, 0.29) is 29.6 Å². The first-order valence-electron chi connectivity index (χ1n) is 9.49. The number of nitrogens with one attached hydrogen (secondary N) is 1. The second kappa shape index (κ2) is 8.94. The normalized spacial score (nSPS) is 20.2. The minimum Gasteiger partial charge on any atom is -0.483 e. The maximum Gasteiger partial charge on any atom is 0.262 e. The number of morpholine rings is 1. The predicted molar refractivity (Wildman–Crippen MR) is 111 cm³/mol. The zero-order valence-electron chi connectivity index (χ0n) is 16.8. The summed E-state index contributed by atoms with van der Waals surface area (Å²) in [6, 6.07) is 13.6. The van der Waals surface area contributed by atoms with Gasteiger partial charge in [0.2, 0.25) is 10.0 Å². The number of nitrogens with zero attached hydrogens (tertiary/aromatic N) is 1. The van der Waals surface area contributed by atoms with E-state index < -0.39 is 10.0 Å². The van der Waals surface area contributed by atoms with Gasteiger partial charge in [0.25, 0.3) is 5.91 Å². The molecule has 1 aliphatic rings. The number of amides is 1. The van der Waals surface area contributed by atoms with Gasteiger partial charge >= 0.3 is 0 Å². The van der Waals surface area contributed by atoms with Gasteiger partial charge in [-0.25, -0.2) is 8.42 Å². The van der Waals surface area contributed by atoms with Crippen molar-refractivity contribution in [2.75, 3.05) is 25.0 Å². The zero-order valence-corrected chi connectivity index (χ0v) is 17.6. The molecular formula is C21H26N2O5S. The molecule has 0 spiro atoms. The van der Waals surface area contributed by atoms with Crippen molar-refractivity contribution in [3.05, 3.63) is 54.1 Å². The number of sulfonamides is 1. The van der Waals surface area contributed by atoms with Crippen LogP contribution in [0.5, 0.6) is 5.75 Å². The summed E-state index contributed by atoms with van der Waals surface area (Å²) in [5.74, 6) is 0.331. The van der Waals surface area contributed by atoms with Crippen molar-refractivity contribution in [1.29, 1.82) is 0 Å². The van der Waals surface area contributed by atoms with Crippen molar-refractivity contribution in [3.8, 4) is 5.75 Å². The molecule has 0 aliphatic carbocycles. The summed E-state index contributed by atoms with van der Waals surface area (Å²) in [6.07, 6.45) is -0.305. The van der Waals surface area contributed by atoms with Crippen LogP contribution in [0.1, 0.15) is 19.4 Å². The van der Waals surface area contributed by atoms with Crippen LogP contribution in [0.4, 0.5) is 5.69 Å². The highest BCUT2D eigenvalue weighted by Gasteiger charge is 2.32. The predicted octanol–water partition coefficient (Wildman–Crippen LogP) is 2.81. The molecule has 0 bridgehead atoms. The molecule has 3 rings (SSSR count). The number of carbonyl (C=O) groups excluding carboxylic acids is 1.